The van der Waals surface area contributed by atoms with Gasteiger partial charge in [-0.3, -0.25) is 9.59 Å². The minimum atomic E-state index is -1.50. The lowest BCUT2D eigenvalue weighted by Crippen LogP contribution is -2.42. The van der Waals surface area contributed by atoms with Gasteiger partial charge >= 0.3 is 0 Å². The number of amides is 2. The highest BCUT2D eigenvalue weighted by atomic mass is 19.1. The molecule has 0 aliphatic heterocycles. The Morgan fingerprint density at radius 2 is 1.57 bits per heavy atom. The molecule has 0 aliphatic carbocycles. The molecule has 0 aliphatic rings. The van der Waals surface area contributed by atoms with Gasteiger partial charge in [0.1, 0.15) is 6.17 Å². The van der Waals surface area contributed by atoms with Gasteiger partial charge in [0, 0.05) is 19.0 Å². The van der Waals surface area contributed by atoms with E-state index >= 15 is 0 Å². The fourth-order valence-electron chi connectivity index (χ4n) is 2.44. The van der Waals surface area contributed by atoms with E-state index in [1.165, 1.54) is 11.9 Å². The summed E-state index contributed by atoms with van der Waals surface area (Å²) >= 11 is 0. The second-order valence-electron chi connectivity index (χ2n) is 5.33. The fraction of sp³-hybridized carbons (Fsp3) is 0.222. The maximum atomic E-state index is 14.9. The summed E-state index contributed by atoms with van der Waals surface area (Å²) < 4.78 is 14.9. The molecule has 0 heterocycles. The third-order valence-electron chi connectivity index (χ3n) is 3.70. The van der Waals surface area contributed by atoms with Crippen molar-refractivity contribution in [3.8, 4) is 0 Å². The maximum absolute atomic E-state index is 14.9. The van der Waals surface area contributed by atoms with Crippen LogP contribution >= 0.6 is 0 Å². The Hall–Kier alpha value is -2.69. The van der Waals surface area contributed by atoms with Gasteiger partial charge in [0.15, 0.2) is 0 Å². The molecule has 0 fully saturated rings. The standard InChI is InChI=1S/C18H19FN2O2/c1-21(18(23)14-10-6-3-7-11-14)15(12-16(20)22)17(19)13-8-4-2-5-9-13/h2-11,15,17H,12H2,1H3,(H2,20,22)/t15-,17+/m1/s1. The lowest BCUT2D eigenvalue weighted by Gasteiger charge is -2.30. The highest BCUT2D eigenvalue weighted by Gasteiger charge is 2.31. The molecule has 0 aromatic heterocycles. The number of primary amides is 1. The van der Waals surface area contributed by atoms with Crippen molar-refractivity contribution in [3.63, 3.8) is 0 Å². The molecule has 0 saturated carbocycles. The number of hydrogen-bond acceptors (Lipinski definition) is 2. The van der Waals surface area contributed by atoms with Crippen LogP contribution in [0.15, 0.2) is 60.7 Å². The molecule has 0 saturated heterocycles. The molecular weight excluding hydrogens is 295 g/mol. The number of hydrogen-bond donors (Lipinski definition) is 1. The summed E-state index contributed by atoms with van der Waals surface area (Å²) in [6.07, 6.45) is -1.74. The van der Waals surface area contributed by atoms with E-state index < -0.39 is 18.1 Å². The molecule has 120 valence electrons. The maximum Gasteiger partial charge on any atom is 0.253 e. The summed E-state index contributed by atoms with van der Waals surface area (Å²) in [7, 11) is 1.48. The van der Waals surface area contributed by atoms with Crippen LogP contribution in [0.4, 0.5) is 4.39 Å². The first-order valence-electron chi connectivity index (χ1n) is 7.30. The number of alkyl halides is 1. The lowest BCUT2D eigenvalue weighted by atomic mass is 9.99. The van der Waals surface area contributed by atoms with Crippen molar-refractivity contribution in [2.75, 3.05) is 7.05 Å². The number of benzene rings is 2. The third-order valence-corrected chi connectivity index (χ3v) is 3.70. The molecule has 0 radical (unpaired) electrons. The normalized spacial score (nSPS) is 13.1. The minimum absolute atomic E-state index is 0.245. The summed E-state index contributed by atoms with van der Waals surface area (Å²) in [6.45, 7) is 0. The van der Waals surface area contributed by atoms with Gasteiger partial charge in [-0.15, -0.1) is 0 Å². The Labute approximate surface area is 134 Å². The number of nitrogens with two attached hydrogens (primary N) is 1. The van der Waals surface area contributed by atoms with Gasteiger partial charge in [-0.25, -0.2) is 4.39 Å². The van der Waals surface area contributed by atoms with Gasteiger partial charge in [0.2, 0.25) is 5.91 Å². The summed E-state index contributed by atoms with van der Waals surface area (Å²) in [4.78, 5) is 25.1. The van der Waals surface area contributed by atoms with Crippen molar-refractivity contribution in [1.29, 1.82) is 0 Å². The average molecular weight is 314 g/mol. The van der Waals surface area contributed by atoms with Crippen molar-refractivity contribution in [2.45, 2.75) is 18.6 Å². The van der Waals surface area contributed by atoms with Crippen LogP contribution in [0.5, 0.6) is 0 Å². The average Bonchev–Trinajstić information content (AvgIpc) is 2.59. The van der Waals surface area contributed by atoms with E-state index in [2.05, 4.69) is 0 Å². The zero-order chi connectivity index (χ0) is 16.8. The van der Waals surface area contributed by atoms with E-state index in [0.29, 0.717) is 11.1 Å². The number of nitrogens with zero attached hydrogens (tertiary/aromatic N) is 1. The Morgan fingerprint density at radius 1 is 1.04 bits per heavy atom. The molecule has 2 atom stereocenters. The molecule has 0 unspecified atom stereocenters. The zero-order valence-electron chi connectivity index (χ0n) is 12.9. The van der Waals surface area contributed by atoms with E-state index in [0.717, 1.165) is 0 Å². The molecule has 4 nitrogen and oxygen atoms in total. The SMILES string of the molecule is CN(C(=O)c1ccccc1)[C@H](CC(N)=O)[C@@H](F)c1ccccc1. The first kappa shape index (κ1) is 16.7. The van der Waals surface area contributed by atoms with Crippen LogP contribution in [-0.2, 0) is 4.79 Å². The zero-order valence-corrected chi connectivity index (χ0v) is 12.9. The van der Waals surface area contributed by atoms with Gasteiger partial charge in [-0.1, -0.05) is 48.5 Å². The monoisotopic (exact) mass is 314 g/mol. The topological polar surface area (TPSA) is 63.4 Å². The molecule has 0 spiro atoms. The Morgan fingerprint density at radius 3 is 2.09 bits per heavy atom. The van der Waals surface area contributed by atoms with Crippen LogP contribution in [0.25, 0.3) is 0 Å². The van der Waals surface area contributed by atoms with Crippen LogP contribution in [0, 0.1) is 0 Å². The summed E-state index contributed by atoms with van der Waals surface area (Å²) in [5.74, 6) is -1.00. The van der Waals surface area contributed by atoms with Gasteiger partial charge in [-0.05, 0) is 17.7 Å². The smallest absolute Gasteiger partial charge is 0.253 e. The molecule has 23 heavy (non-hydrogen) atoms. The summed E-state index contributed by atoms with van der Waals surface area (Å²) in [5, 5.41) is 0. The Balaban J connectivity index is 2.27. The predicted octanol–water partition coefficient (Wildman–Crippen LogP) is 2.71. The molecule has 2 aromatic rings. The second kappa shape index (κ2) is 7.54. The van der Waals surface area contributed by atoms with Crippen molar-refractivity contribution in [2.24, 2.45) is 5.73 Å². The molecule has 2 rings (SSSR count). The molecule has 2 aromatic carbocycles. The molecule has 2 N–H and O–H groups in total. The number of halogens is 1. The van der Waals surface area contributed by atoms with Crippen LogP contribution in [0.1, 0.15) is 28.5 Å². The lowest BCUT2D eigenvalue weighted by molar-refractivity contribution is -0.119. The van der Waals surface area contributed by atoms with E-state index in [4.69, 9.17) is 5.73 Å². The van der Waals surface area contributed by atoms with E-state index in [-0.39, 0.29) is 12.3 Å². The number of likely N-dealkylation sites (N-methyl/N-ethyl adjacent to an activating group) is 1. The van der Waals surface area contributed by atoms with Crippen LogP contribution in [0.2, 0.25) is 0 Å². The third kappa shape index (κ3) is 4.16. The van der Waals surface area contributed by atoms with Gasteiger partial charge in [0.05, 0.1) is 6.04 Å². The predicted molar refractivity (Wildman–Crippen MR) is 86.4 cm³/mol. The van der Waals surface area contributed by atoms with Crippen LogP contribution in [-0.4, -0.2) is 29.8 Å². The van der Waals surface area contributed by atoms with Crippen LogP contribution in [0.3, 0.4) is 0 Å². The quantitative estimate of drug-likeness (QED) is 0.891. The van der Waals surface area contributed by atoms with Gasteiger partial charge < -0.3 is 10.6 Å². The molecule has 2 amide bonds. The highest BCUT2D eigenvalue weighted by Crippen LogP contribution is 2.27. The van der Waals surface area contributed by atoms with Crippen molar-refractivity contribution in [1.82, 2.24) is 4.90 Å². The first-order valence-corrected chi connectivity index (χ1v) is 7.30. The van der Waals surface area contributed by atoms with E-state index in [1.54, 1.807) is 60.7 Å². The Kier molecular flexibility index (Phi) is 5.46. The fourth-order valence-corrected chi connectivity index (χ4v) is 2.44. The number of rotatable bonds is 6. The van der Waals surface area contributed by atoms with E-state index in [1.807, 2.05) is 0 Å². The number of carbonyl (C=O) groups is 2. The van der Waals surface area contributed by atoms with Crippen LogP contribution < -0.4 is 5.73 Å². The second-order valence-corrected chi connectivity index (χ2v) is 5.33. The van der Waals surface area contributed by atoms with Crippen molar-refractivity contribution < 1.29 is 14.0 Å². The summed E-state index contributed by atoms with van der Waals surface area (Å²) in [6, 6.07) is 16.0. The van der Waals surface area contributed by atoms with Gasteiger partial charge in [-0.2, -0.15) is 0 Å². The Bertz CT molecular complexity index is 661. The van der Waals surface area contributed by atoms with E-state index in [9.17, 15) is 14.0 Å². The minimum Gasteiger partial charge on any atom is -0.370 e. The molecule has 0 bridgehead atoms. The highest BCUT2D eigenvalue weighted by molar-refractivity contribution is 5.94. The number of carbonyl (C=O) groups excluding carboxylic acids is 2. The molecule has 5 heteroatoms. The molecular formula is C18H19FN2O2. The largest absolute Gasteiger partial charge is 0.370 e. The summed E-state index contributed by atoms with van der Waals surface area (Å²) in [5.41, 5.74) is 6.09. The van der Waals surface area contributed by atoms with Crippen molar-refractivity contribution >= 4 is 11.8 Å². The first-order chi connectivity index (χ1) is 11.0. The van der Waals surface area contributed by atoms with Crippen molar-refractivity contribution in [3.05, 3.63) is 71.8 Å². The van der Waals surface area contributed by atoms with Gasteiger partial charge in [0.25, 0.3) is 5.91 Å².